The fourth-order valence-electron chi connectivity index (χ4n) is 2.96. The quantitative estimate of drug-likeness (QED) is 0.514. The lowest BCUT2D eigenvalue weighted by atomic mass is 10.1. The molecule has 3 aromatic rings. The van der Waals surface area contributed by atoms with E-state index in [2.05, 4.69) is 45.0 Å². The zero-order chi connectivity index (χ0) is 18.8. The highest BCUT2D eigenvalue weighted by atomic mass is 79.9. The lowest BCUT2D eigenvalue weighted by Gasteiger charge is -2.18. The van der Waals surface area contributed by atoms with Crippen LogP contribution in [0.5, 0.6) is 0 Å². The first-order valence-corrected chi connectivity index (χ1v) is 10.0. The van der Waals surface area contributed by atoms with E-state index in [4.69, 9.17) is 0 Å². The normalized spacial score (nSPS) is 12.0. The topological polar surface area (TPSA) is 46.1 Å². The summed E-state index contributed by atoms with van der Waals surface area (Å²) in [6, 6.07) is 9.47. The number of nitrogens with one attached hydrogen (secondary N) is 2. The van der Waals surface area contributed by atoms with Crippen molar-refractivity contribution in [1.29, 1.82) is 0 Å². The van der Waals surface area contributed by atoms with Crippen molar-refractivity contribution in [3.8, 4) is 5.00 Å². The minimum absolute atomic E-state index is 0.103. The summed E-state index contributed by atoms with van der Waals surface area (Å²) in [6.45, 7) is 8.25. The van der Waals surface area contributed by atoms with Crippen molar-refractivity contribution in [3.63, 3.8) is 0 Å². The van der Waals surface area contributed by atoms with Gasteiger partial charge in [0.25, 0.3) is 0 Å². The predicted octanol–water partition coefficient (Wildman–Crippen LogP) is 6.11. The van der Waals surface area contributed by atoms with E-state index in [9.17, 15) is 4.79 Å². The van der Waals surface area contributed by atoms with Crippen molar-refractivity contribution in [1.82, 2.24) is 9.88 Å². The van der Waals surface area contributed by atoms with Crippen LogP contribution in [0.15, 0.2) is 47.2 Å². The molecule has 0 saturated carbocycles. The van der Waals surface area contributed by atoms with Gasteiger partial charge < -0.3 is 15.2 Å². The van der Waals surface area contributed by atoms with Gasteiger partial charge in [-0.15, -0.1) is 11.3 Å². The molecule has 4 nitrogen and oxygen atoms in total. The maximum atomic E-state index is 12.5. The van der Waals surface area contributed by atoms with Crippen LogP contribution in [0.25, 0.3) is 5.00 Å². The van der Waals surface area contributed by atoms with E-state index in [1.807, 2.05) is 56.6 Å². The molecule has 0 fully saturated rings. The smallest absolute Gasteiger partial charge is 0.319 e. The Balaban J connectivity index is 1.78. The Kier molecular flexibility index (Phi) is 5.53. The average molecular weight is 432 g/mol. The molecule has 26 heavy (non-hydrogen) atoms. The molecule has 0 saturated heterocycles. The molecule has 2 N–H and O–H groups in total. The van der Waals surface area contributed by atoms with Crippen molar-refractivity contribution in [2.24, 2.45) is 0 Å². The van der Waals surface area contributed by atoms with Gasteiger partial charge >= 0.3 is 6.03 Å². The minimum Gasteiger partial charge on any atom is -0.331 e. The van der Waals surface area contributed by atoms with Gasteiger partial charge in [0.05, 0.1) is 6.04 Å². The molecule has 0 aliphatic carbocycles. The number of hydrogen-bond donors (Lipinski definition) is 2. The molecule has 6 heteroatoms. The summed E-state index contributed by atoms with van der Waals surface area (Å²) >= 11 is 5.22. The van der Waals surface area contributed by atoms with Gasteiger partial charge in [0, 0.05) is 33.0 Å². The lowest BCUT2D eigenvalue weighted by Crippen LogP contribution is -2.31. The Hall–Kier alpha value is -2.05. The fourth-order valence-corrected chi connectivity index (χ4v) is 4.42. The second-order valence-electron chi connectivity index (χ2n) is 6.38. The molecule has 0 aliphatic rings. The Morgan fingerprint density at radius 1 is 1.19 bits per heavy atom. The number of amides is 2. The highest BCUT2D eigenvalue weighted by Crippen LogP contribution is 2.35. The summed E-state index contributed by atoms with van der Waals surface area (Å²) in [5, 5.41) is 7.13. The van der Waals surface area contributed by atoms with Gasteiger partial charge in [0.15, 0.2) is 0 Å². The monoisotopic (exact) mass is 431 g/mol. The van der Waals surface area contributed by atoms with Gasteiger partial charge in [0.1, 0.15) is 5.00 Å². The second kappa shape index (κ2) is 7.68. The molecule has 2 heterocycles. The first-order chi connectivity index (χ1) is 12.4. The molecule has 0 unspecified atom stereocenters. The number of hydrogen-bond acceptors (Lipinski definition) is 2. The number of halogens is 1. The molecular formula is C20H22BrN3OS. The number of aryl methyl sites for hydroxylation is 2. The maximum Gasteiger partial charge on any atom is 0.319 e. The lowest BCUT2D eigenvalue weighted by molar-refractivity contribution is 0.249. The minimum atomic E-state index is -0.207. The number of carbonyl (C=O) groups excluding carboxylic acids is 1. The largest absolute Gasteiger partial charge is 0.331 e. The number of carbonyl (C=O) groups is 1. The fraction of sp³-hybridized carbons (Fsp3) is 0.250. The number of rotatable bonds is 4. The van der Waals surface area contributed by atoms with Gasteiger partial charge in [-0.1, -0.05) is 15.9 Å². The van der Waals surface area contributed by atoms with E-state index >= 15 is 0 Å². The Labute approximate surface area is 166 Å². The van der Waals surface area contributed by atoms with Crippen molar-refractivity contribution >= 4 is 39.0 Å². The number of urea groups is 1. The van der Waals surface area contributed by atoms with Crippen LogP contribution in [-0.4, -0.2) is 10.6 Å². The molecule has 0 spiro atoms. The summed E-state index contributed by atoms with van der Waals surface area (Å²) in [5.74, 6) is 0. The first kappa shape index (κ1) is 18.7. The summed E-state index contributed by atoms with van der Waals surface area (Å²) < 4.78 is 3.13. The van der Waals surface area contributed by atoms with Crippen molar-refractivity contribution in [3.05, 3.63) is 68.8 Å². The zero-order valence-corrected chi connectivity index (χ0v) is 17.7. The summed E-state index contributed by atoms with van der Waals surface area (Å²) in [6.07, 6.45) is 4.07. The highest BCUT2D eigenvalue weighted by molar-refractivity contribution is 9.10. The van der Waals surface area contributed by atoms with E-state index < -0.39 is 0 Å². The van der Waals surface area contributed by atoms with Crippen LogP contribution >= 0.6 is 27.3 Å². The number of thiophene rings is 1. The Morgan fingerprint density at radius 2 is 1.88 bits per heavy atom. The summed E-state index contributed by atoms with van der Waals surface area (Å²) in [7, 11) is 0. The van der Waals surface area contributed by atoms with Gasteiger partial charge in [0.2, 0.25) is 0 Å². The summed E-state index contributed by atoms with van der Waals surface area (Å²) in [5.41, 5.74) is 4.24. The molecule has 3 rings (SSSR count). The standard InChI is InChI=1S/C20H22BrN3OS/c1-12-11-16(7-8-17(12)21)23-20(25)22-14(3)18-13(2)15(4)26-19(18)24-9-5-6-10-24/h5-11,14H,1-4H3,(H2,22,23,25)/t14-/m1/s1. The van der Waals surface area contributed by atoms with Gasteiger partial charge in [-0.2, -0.15) is 0 Å². The third-order valence-corrected chi connectivity index (χ3v) is 6.57. The molecule has 2 amide bonds. The van der Waals surface area contributed by atoms with Crippen molar-refractivity contribution < 1.29 is 4.79 Å². The van der Waals surface area contributed by atoms with Crippen LogP contribution in [0, 0.1) is 20.8 Å². The molecule has 2 aromatic heterocycles. The SMILES string of the molecule is Cc1cc(NC(=O)N[C@H](C)c2c(-n3cccc3)sc(C)c2C)ccc1Br. The summed E-state index contributed by atoms with van der Waals surface area (Å²) in [4.78, 5) is 13.7. The molecule has 136 valence electrons. The number of aromatic nitrogens is 1. The Morgan fingerprint density at radius 3 is 2.54 bits per heavy atom. The van der Waals surface area contributed by atoms with E-state index in [0.29, 0.717) is 0 Å². The molecule has 0 aliphatic heterocycles. The van der Waals surface area contributed by atoms with Crippen LogP contribution < -0.4 is 10.6 Å². The van der Waals surface area contributed by atoms with E-state index in [-0.39, 0.29) is 12.1 Å². The third kappa shape index (κ3) is 3.86. The van der Waals surface area contributed by atoms with E-state index in [0.717, 1.165) is 26.3 Å². The van der Waals surface area contributed by atoms with E-state index in [1.54, 1.807) is 11.3 Å². The highest BCUT2D eigenvalue weighted by Gasteiger charge is 2.20. The van der Waals surface area contributed by atoms with Crippen molar-refractivity contribution in [2.45, 2.75) is 33.7 Å². The van der Waals surface area contributed by atoms with Gasteiger partial charge in [-0.05, 0) is 69.2 Å². The van der Waals surface area contributed by atoms with Crippen molar-refractivity contribution in [2.75, 3.05) is 5.32 Å². The average Bonchev–Trinajstić information content (AvgIpc) is 3.20. The first-order valence-electron chi connectivity index (χ1n) is 8.43. The molecular weight excluding hydrogens is 410 g/mol. The molecule has 0 radical (unpaired) electrons. The number of benzene rings is 1. The predicted molar refractivity (Wildman–Crippen MR) is 113 cm³/mol. The zero-order valence-electron chi connectivity index (χ0n) is 15.3. The number of nitrogens with zero attached hydrogens (tertiary/aromatic N) is 1. The number of anilines is 1. The van der Waals surface area contributed by atoms with Crippen LogP contribution in [0.1, 0.15) is 34.5 Å². The Bertz CT molecular complexity index is 931. The molecule has 1 aromatic carbocycles. The third-order valence-electron chi connectivity index (χ3n) is 4.45. The second-order valence-corrected chi connectivity index (χ2v) is 8.43. The van der Waals surface area contributed by atoms with Crippen LogP contribution in [0.2, 0.25) is 0 Å². The maximum absolute atomic E-state index is 12.5. The van der Waals surface area contributed by atoms with Crippen LogP contribution in [-0.2, 0) is 0 Å². The van der Waals surface area contributed by atoms with Gasteiger partial charge in [-0.3, -0.25) is 0 Å². The molecule has 1 atom stereocenters. The van der Waals surface area contributed by atoms with Crippen LogP contribution in [0.4, 0.5) is 10.5 Å². The van der Waals surface area contributed by atoms with Gasteiger partial charge in [-0.25, -0.2) is 4.79 Å². The molecule has 0 bridgehead atoms. The van der Waals surface area contributed by atoms with E-state index in [1.165, 1.54) is 10.4 Å². The van der Waals surface area contributed by atoms with Crippen LogP contribution in [0.3, 0.4) is 0 Å².